The summed E-state index contributed by atoms with van der Waals surface area (Å²) in [6.07, 6.45) is 1.14. The van der Waals surface area contributed by atoms with E-state index in [9.17, 15) is 19.2 Å². The van der Waals surface area contributed by atoms with E-state index in [1.54, 1.807) is 6.07 Å². The maximum atomic E-state index is 14.4. The summed E-state index contributed by atoms with van der Waals surface area (Å²) in [6, 6.07) is 33.8. The van der Waals surface area contributed by atoms with E-state index in [1.807, 2.05) is 89.2 Å². The Balaban J connectivity index is 1.13. The highest BCUT2D eigenvalue weighted by Gasteiger charge is 2.46. The number of ether oxygens (including phenoxy) is 2. The number of Topliss-reactive ketones (excluding diaryl/α,β-unsaturated/α-hetero) is 2. The molecule has 2 saturated heterocycles. The minimum atomic E-state index is -0.680. The summed E-state index contributed by atoms with van der Waals surface area (Å²) >= 11 is 0. The van der Waals surface area contributed by atoms with Crippen molar-refractivity contribution in [2.45, 2.75) is 64.0 Å². The first kappa shape index (κ1) is 40.0. The number of hydrogen-bond donors (Lipinski definition) is 0. The van der Waals surface area contributed by atoms with Crippen molar-refractivity contribution in [2.75, 3.05) is 52.6 Å². The summed E-state index contributed by atoms with van der Waals surface area (Å²) in [5.74, 6) is -0.137. The zero-order valence-electron chi connectivity index (χ0n) is 35.2. The van der Waals surface area contributed by atoms with E-state index in [0.717, 1.165) is 38.9 Å². The molecular formula is C52H52N2O6. The first-order valence-corrected chi connectivity index (χ1v) is 21.2. The van der Waals surface area contributed by atoms with Crippen molar-refractivity contribution in [3.63, 3.8) is 0 Å². The monoisotopic (exact) mass is 800 g/mol. The molecule has 8 heteroatoms. The third-order valence-electron chi connectivity index (χ3n) is 13.8. The Labute approximate surface area is 352 Å². The van der Waals surface area contributed by atoms with Crippen molar-refractivity contribution in [2.24, 2.45) is 0 Å². The van der Waals surface area contributed by atoms with E-state index in [2.05, 4.69) is 52.3 Å². The molecule has 5 aromatic rings. The van der Waals surface area contributed by atoms with Crippen molar-refractivity contribution >= 4 is 23.1 Å². The van der Waals surface area contributed by atoms with Gasteiger partial charge in [-0.05, 0) is 98.5 Å². The van der Waals surface area contributed by atoms with Gasteiger partial charge < -0.3 is 9.47 Å². The molecule has 2 heterocycles. The van der Waals surface area contributed by atoms with Crippen molar-refractivity contribution in [3.05, 3.63) is 164 Å². The van der Waals surface area contributed by atoms with Gasteiger partial charge in [-0.1, -0.05) is 91.0 Å². The smallest absolute Gasteiger partial charge is 0.194 e. The van der Waals surface area contributed by atoms with Crippen LogP contribution in [0, 0.1) is 6.92 Å². The number of aryl methyl sites for hydroxylation is 1. The fourth-order valence-electron chi connectivity index (χ4n) is 10.2. The zero-order valence-corrected chi connectivity index (χ0v) is 35.2. The molecule has 0 bridgehead atoms. The summed E-state index contributed by atoms with van der Waals surface area (Å²) in [6.45, 7) is 15.1. The average Bonchev–Trinajstić information content (AvgIpc) is 3.53. The standard InChI is InChI=1S/C52H52N2O6/c1-33-9-8-11-39-45(33)47(56)42-30-44-40(29-41(42)46(39)55)38-10-6-7-12-43(38)52(44,31-34-13-17-36(18-14-34)48(57)50(2,3)53-21-25-59-26-22-53)32-35-15-19-37(20-16-35)49(58)51(4,5)54-23-27-60-28-24-54/h6-20,29-30H,21-28,31-32H2,1-5H3. The lowest BCUT2D eigenvalue weighted by molar-refractivity contribution is -0.00442. The number of benzene rings is 5. The molecule has 5 aromatic carbocycles. The number of carbonyl (C=O) groups excluding carboxylic acids is 4. The van der Waals surface area contributed by atoms with Crippen LogP contribution in [0.25, 0.3) is 11.1 Å². The van der Waals surface area contributed by atoms with Gasteiger partial charge in [-0.25, -0.2) is 0 Å². The van der Waals surface area contributed by atoms with Crippen LogP contribution in [0.3, 0.4) is 0 Å². The lowest BCUT2D eigenvalue weighted by atomic mass is 9.68. The van der Waals surface area contributed by atoms with Crippen LogP contribution in [0.2, 0.25) is 0 Å². The second-order valence-corrected chi connectivity index (χ2v) is 17.9. The van der Waals surface area contributed by atoms with Crippen molar-refractivity contribution in [3.8, 4) is 11.1 Å². The molecule has 0 N–H and O–H groups in total. The molecule has 4 aliphatic rings. The Kier molecular flexibility index (Phi) is 10.2. The topological polar surface area (TPSA) is 93.2 Å². The highest BCUT2D eigenvalue weighted by Crippen LogP contribution is 2.54. The van der Waals surface area contributed by atoms with Crippen molar-refractivity contribution in [1.29, 1.82) is 0 Å². The number of nitrogens with zero attached hydrogens (tertiary/aromatic N) is 2. The second-order valence-electron chi connectivity index (χ2n) is 17.9. The third-order valence-corrected chi connectivity index (χ3v) is 13.8. The predicted molar refractivity (Wildman–Crippen MR) is 233 cm³/mol. The van der Waals surface area contributed by atoms with E-state index >= 15 is 0 Å². The van der Waals surface area contributed by atoms with Gasteiger partial charge in [0.1, 0.15) is 0 Å². The molecule has 2 aliphatic heterocycles. The predicted octanol–water partition coefficient (Wildman–Crippen LogP) is 8.11. The van der Waals surface area contributed by atoms with Crippen LogP contribution in [-0.4, -0.2) is 96.6 Å². The highest BCUT2D eigenvalue weighted by atomic mass is 16.5. The van der Waals surface area contributed by atoms with Gasteiger partial charge in [-0.2, -0.15) is 0 Å². The number of fused-ring (bicyclic) bond motifs is 5. The number of ketones is 4. The van der Waals surface area contributed by atoms with E-state index in [-0.39, 0.29) is 23.1 Å². The van der Waals surface area contributed by atoms with Gasteiger partial charge in [-0.3, -0.25) is 29.0 Å². The van der Waals surface area contributed by atoms with Crippen LogP contribution < -0.4 is 0 Å². The second kappa shape index (κ2) is 15.3. The molecule has 0 unspecified atom stereocenters. The zero-order chi connectivity index (χ0) is 42.0. The van der Waals surface area contributed by atoms with Crippen LogP contribution >= 0.6 is 0 Å². The maximum Gasteiger partial charge on any atom is 0.194 e. The molecule has 0 atom stereocenters. The molecule has 0 saturated carbocycles. The first-order chi connectivity index (χ1) is 28.8. The van der Waals surface area contributed by atoms with Crippen LogP contribution in [-0.2, 0) is 27.7 Å². The minimum Gasteiger partial charge on any atom is -0.379 e. The Morgan fingerprint density at radius 2 is 1.03 bits per heavy atom. The van der Waals surface area contributed by atoms with Gasteiger partial charge in [0.2, 0.25) is 0 Å². The van der Waals surface area contributed by atoms with Gasteiger partial charge in [-0.15, -0.1) is 0 Å². The number of carbonyl (C=O) groups is 4. The molecule has 306 valence electrons. The first-order valence-electron chi connectivity index (χ1n) is 21.2. The molecule has 0 radical (unpaired) electrons. The van der Waals surface area contributed by atoms with Crippen LogP contribution in [0.5, 0.6) is 0 Å². The Morgan fingerprint density at radius 3 is 1.57 bits per heavy atom. The maximum absolute atomic E-state index is 14.4. The molecule has 8 nitrogen and oxygen atoms in total. The van der Waals surface area contributed by atoms with Gasteiger partial charge in [0.05, 0.1) is 37.5 Å². The van der Waals surface area contributed by atoms with Crippen LogP contribution in [0.15, 0.2) is 103 Å². The summed E-state index contributed by atoms with van der Waals surface area (Å²) < 4.78 is 11.1. The summed E-state index contributed by atoms with van der Waals surface area (Å²) in [5, 5.41) is 0. The third kappa shape index (κ3) is 6.61. The van der Waals surface area contributed by atoms with Gasteiger partial charge >= 0.3 is 0 Å². The van der Waals surface area contributed by atoms with E-state index in [1.165, 1.54) is 0 Å². The fourth-order valence-corrected chi connectivity index (χ4v) is 10.2. The van der Waals surface area contributed by atoms with E-state index < -0.39 is 16.5 Å². The summed E-state index contributed by atoms with van der Waals surface area (Å²) in [7, 11) is 0. The van der Waals surface area contributed by atoms with Gasteiger partial charge in [0.25, 0.3) is 0 Å². The molecule has 0 amide bonds. The number of morpholine rings is 2. The summed E-state index contributed by atoms with van der Waals surface area (Å²) in [4.78, 5) is 61.0. The van der Waals surface area contributed by atoms with Gasteiger partial charge in [0, 0.05) is 65.0 Å². The lowest BCUT2D eigenvalue weighted by Gasteiger charge is -2.39. The molecule has 9 rings (SSSR count). The quantitative estimate of drug-likeness (QED) is 0.128. The molecule has 0 aromatic heterocycles. The molecule has 2 aliphatic carbocycles. The summed E-state index contributed by atoms with van der Waals surface area (Å²) in [5.41, 5.74) is 8.00. The molecule has 2 fully saturated rings. The minimum absolute atomic E-state index is 0.0686. The number of rotatable bonds is 10. The molecule has 0 spiro atoms. The van der Waals surface area contributed by atoms with Crippen LogP contribution in [0.4, 0.5) is 0 Å². The Hall–Kier alpha value is -5.38. The largest absolute Gasteiger partial charge is 0.379 e. The Morgan fingerprint density at radius 1 is 0.550 bits per heavy atom. The van der Waals surface area contributed by atoms with E-state index in [0.29, 0.717) is 98.8 Å². The Bertz CT molecular complexity index is 2450. The molecule has 60 heavy (non-hydrogen) atoms. The SMILES string of the molecule is Cc1cccc2c1C(=O)c1cc3c(cc1C2=O)-c1ccccc1C3(Cc1ccc(C(=O)C(C)(C)N2CCOCC2)cc1)Cc1ccc(C(=O)C(C)(C)N2CCOCC2)cc1. The fraction of sp³-hybridized carbons (Fsp3) is 0.346. The van der Waals surface area contributed by atoms with Gasteiger partial charge in [0.15, 0.2) is 23.1 Å². The number of hydrogen-bond acceptors (Lipinski definition) is 8. The highest BCUT2D eigenvalue weighted by molar-refractivity contribution is 6.29. The molecular weight excluding hydrogens is 749 g/mol. The van der Waals surface area contributed by atoms with Crippen molar-refractivity contribution < 1.29 is 28.7 Å². The van der Waals surface area contributed by atoms with E-state index in [4.69, 9.17) is 9.47 Å². The van der Waals surface area contributed by atoms with Crippen LogP contribution in [0.1, 0.15) is 108 Å². The lowest BCUT2D eigenvalue weighted by Crippen LogP contribution is -2.54. The normalized spacial score (nSPS) is 17.8. The average molecular weight is 801 g/mol. The van der Waals surface area contributed by atoms with Crippen molar-refractivity contribution in [1.82, 2.24) is 9.80 Å².